The summed E-state index contributed by atoms with van der Waals surface area (Å²) in [7, 11) is 0. The van der Waals surface area contributed by atoms with Gasteiger partial charge in [0.15, 0.2) is 5.78 Å². The average Bonchev–Trinajstić information content (AvgIpc) is 3.17. The lowest BCUT2D eigenvalue weighted by Gasteiger charge is -2.07. The highest BCUT2D eigenvalue weighted by molar-refractivity contribution is 8.01. The van der Waals surface area contributed by atoms with Gasteiger partial charge in [0.05, 0.1) is 0 Å². The summed E-state index contributed by atoms with van der Waals surface area (Å²) in [6.45, 7) is 2.25. The second kappa shape index (κ2) is 12.1. The fourth-order valence-electron chi connectivity index (χ4n) is 2.78. The Balaban J connectivity index is 1.68. The highest BCUT2D eigenvalue weighted by atomic mass is 35.5. The Hall–Kier alpha value is -1.40. The predicted octanol–water partition coefficient (Wildman–Crippen LogP) is 5.42. The molecule has 0 aliphatic rings. The van der Waals surface area contributed by atoms with Crippen LogP contribution in [0.2, 0.25) is 0 Å². The van der Waals surface area contributed by atoms with Gasteiger partial charge in [-0.3, -0.25) is 4.79 Å². The largest absolute Gasteiger partial charge is 0.292 e. The van der Waals surface area contributed by atoms with Gasteiger partial charge >= 0.3 is 0 Å². The molecule has 0 spiro atoms. The van der Waals surface area contributed by atoms with E-state index in [2.05, 4.69) is 27.5 Å². The van der Waals surface area contributed by atoms with E-state index in [1.54, 1.807) is 0 Å². The zero-order valence-electron chi connectivity index (χ0n) is 15.3. The number of aryl methyl sites for hydroxylation is 1. The zero-order valence-corrected chi connectivity index (χ0v) is 16.9. The number of carbonyl (C=O) groups is 1. The van der Waals surface area contributed by atoms with Crippen molar-refractivity contribution in [1.29, 1.82) is 0 Å². The summed E-state index contributed by atoms with van der Waals surface area (Å²) in [6.07, 6.45) is 11.6. The number of benzene rings is 1. The second-order valence-corrected chi connectivity index (χ2v) is 8.18. The highest BCUT2D eigenvalue weighted by Crippen LogP contribution is 2.25. The third-order valence-electron chi connectivity index (χ3n) is 4.30. The van der Waals surface area contributed by atoms with Gasteiger partial charge in [-0.15, -0.1) is 21.8 Å². The number of hydrogen-bond acceptors (Lipinski definition) is 5. The molecule has 142 valence electrons. The third kappa shape index (κ3) is 7.46. The van der Waals surface area contributed by atoms with Crippen LogP contribution in [0.25, 0.3) is 0 Å². The molecule has 1 heterocycles. The SMILES string of the molecule is CCCCCCCCCCc1ccc(C(=O)C(Cl)Sc2nn[nH]n2)cc1. The number of H-pyrrole nitrogens is 1. The van der Waals surface area contributed by atoms with Crippen LogP contribution in [0.5, 0.6) is 0 Å². The standard InChI is InChI=1S/C19H27ClN4OS/c1-2-3-4-5-6-7-8-9-10-15-11-13-16(14-12-15)17(25)18(20)26-19-21-23-24-22-19/h11-14,18H,2-10H2,1H3,(H,21,22,23,24). The number of rotatable bonds is 13. The highest BCUT2D eigenvalue weighted by Gasteiger charge is 2.20. The van der Waals surface area contributed by atoms with Crippen LogP contribution >= 0.6 is 23.4 Å². The van der Waals surface area contributed by atoms with Crippen molar-refractivity contribution < 1.29 is 4.79 Å². The van der Waals surface area contributed by atoms with Gasteiger partial charge in [-0.2, -0.15) is 5.21 Å². The lowest BCUT2D eigenvalue weighted by Crippen LogP contribution is -2.11. The molecule has 0 radical (unpaired) electrons. The molecular formula is C19H27ClN4OS. The molecule has 0 saturated carbocycles. The lowest BCUT2D eigenvalue weighted by molar-refractivity contribution is 0.101. The molecule has 1 atom stereocenters. The maximum atomic E-state index is 12.4. The molecule has 2 rings (SSSR count). The predicted molar refractivity (Wildman–Crippen MR) is 107 cm³/mol. The van der Waals surface area contributed by atoms with Gasteiger partial charge in [-0.25, -0.2) is 0 Å². The number of ketones is 1. The number of aromatic amines is 1. The Labute approximate surface area is 164 Å². The molecule has 7 heteroatoms. The normalized spacial score (nSPS) is 12.2. The third-order valence-corrected chi connectivity index (χ3v) is 5.57. The quantitative estimate of drug-likeness (QED) is 0.212. The molecule has 0 saturated heterocycles. The van der Waals surface area contributed by atoms with E-state index >= 15 is 0 Å². The minimum absolute atomic E-state index is 0.139. The van der Waals surface area contributed by atoms with Crippen LogP contribution in [0.15, 0.2) is 29.4 Å². The van der Waals surface area contributed by atoms with Crippen LogP contribution in [0.1, 0.15) is 74.2 Å². The molecule has 1 N–H and O–H groups in total. The summed E-state index contributed by atoms with van der Waals surface area (Å²) < 4.78 is -0.758. The fraction of sp³-hybridized carbons (Fsp3) is 0.579. The Bertz CT molecular complexity index is 633. The summed E-state index contributed by atoms with van der Waals surface area (Å²) in [6, 6.07) is 7.76. The molecule has 0 aliphatic carbocycles. The van der Waals surface area contributed by atoms with Gasteiger partial charge in [0.2, 0.25) is 5.16 Å². The Morgan fingerprint density at radius 1 is 1.08 bits per heavy atom. The average molecular weight is 395 g/mol. The summed E-state index contributed by atoms with van der Waals surface area (Å²) in [5.41, 5.74) is 1.88. The first-order valence-corrected chi connectivity index (χ1v) is 10.7. The van der Waals surface area contributed by atoms with E-state index in [4.69, 9.17) is 11.6 Å². The van der Waals surface area contributed by atoms with Gasteiger partial charge in [0.25, 0.3) is 0 Å². The summed E-state index contributed by atoms with van der Waals surface area (Å²) >= 11 is 7.24. The van der Waals surface area contributed by atoms with Crippen molar-refractivity contribution in [3.8, 4) is 0 Å². The van der Waals surface area contributed by atoms with E-state index in [1.807, 2.05) is 24.3 Å². The number of Topliss-reactive ketones (excluding diaryl/α,β-unsaturated/α-hetero) is 1. The molecule has 0 fully saturated rings. The van der Waals surface area contributed by atoms with Crippen molar-refractivity contribution in [1.82, 2.24) is 20.6 Å². The maximum absolute atomic E-state index is 12.4. The smallest absolute Gasteiger partial charge is 0.232 e. The van der Waals surface area contributed by atoms with Crippen molar-refractivity contribution in [2.75, 3.05) is 0 Å². The summed E-state index contributed by atoms with van der Waals surface area (Å²) in [4.78, 5) is 12.4. The molecule has 0 amide bonds. The number of hydrogen-bond donors (Lipinski definition) is 1. The van der Waals surface area contributed by atoms with Crippen molar-refractivity contribution in [3.63, 3.8) is 0 Å². The summed E-state index contributed by atoms with van der Waals surface area (Å²) in [5.74, 6) is -0.139. The van der Waals surface area contributed by atoms with Gasteiger partial charge < -0.3 is 0 Å². The molecule has 5 nitrogen and oxygen atoms in total. The van der Waals surface area contributed by atoms with E-state index in [-0.39, 0.29) is 5.78 Å². The number of aromatic nitrogens is 4. The van der Waals surface area contributed by atoms with Crippen LogP contribution < -0.4 is 0 Å². The number of tetrazole rings is 1. The molecule has 1 unspecified atom stereocenters. The molecule has 1 aromatic carbocycles. The Morgan fingerprint density at radius 3 is 2.35 bits per heavy atom. The van der Waals surface area contributed by atoms with Crippen molar-refractivity contribution in [2.24, 2.45) is 0 Å². The monoisotopic (exact) mass is 394 g/mol. The Kier molecular flexibility index (Phi) is 9.71. The maximum Gasteiger partial charge on any atom is 0.232 e. The number of thioether (sulfide) groups is 1. The van der Waals surface area contributed by atoms with Crippen molar-refractivity contribution in [2.45, 2.75) is 74.6 Å². The topological polar surface area (TPSA) is 71.5 Å². The van der Waals surface area contributed by atoms with Crippen LogP contribution in [0, 0.1) is 0 Å². The van der Waals surface area contributed by atoms with Crippen LogP contribution in [-0.2, 0) is 6.42 Å². The van der Waals surface area contributed by atoms with Gasteiger partial charge in [-0.05, 0) is 23.6 Å². The molecule has 0 bridgehead atoms. The molecule has 2 aromatic rings. The first-order valence-electron chi connectivity index (χ1n) is 9.38. The van der Waals surface area contributed by atoms with Crippen LogP contribution in [-0.4, -0.2) is 31.1 Å². The second-order valence-electron chi connectivity index (χ2n) is 6.41. The molecular weight excluding hydrogens is 368 g/mol. The van der Waals surface area contributed by atoms with E-state index in [0.29, 0.717) is 10.7 Å². The van der Waals surface area contributed by atoms with Gasteiger partial charge in [0.1, 0.15) is 4.71 Å². The molecule has 1 aromatic heterocycles. The fourth-order valence-corrected chi connectivity index (χ4v) is 3.75. The molecule has 26 heavy (non-hydrogen) atoms. The lowest BCUT2D eigenvalue weighted by atomic mass is 10.0. The van der Waals surface area contributed by atoms with Gasteiger partial charge in [0, 0.05) is 5.56 Å². The first kappa shape index (κ1) is 20.9. The zero-order chi connectivity index (χ0) is 18.6. The van der Waals surface area contributed by atoms with E-state index in [0.717, 1.165) is 18.2 Å². The summed E-state index contributed by atoms with van der Waals surface area (Å²) in [5, 5.41) is 13.7. The van der Waals surface area contributed by atoms with E-state index in [1.165, 1.54) is 56.9 Å². The molecule has 0 aliphatic heterocycles. The number of nitrogens with zero attached hydrogens (tertiary/aromatic N) is 3. The van der Waals surface area contributed by atoms with Gasteiger partial charge in [-0.1, -0.05) is 87.9 Å². The number of unbranched alkanes of at least 4 members (excludes halogenated alkanes) is 7. The number of nitrogens with one attached hydrogen (secondary N) is 1. The van der Waals surface area contributed by atoms with Crippen LogP contribution in [0.3, 0.4) is 0 Å². The van der Waals surface area contributed by atoms with Crippen LogP contribution in [0.4, 0.5) is 0 Å². The number of alkyl halides is 1. The van der Waals surface area contributed by atoms with E-state index in [9.17, 15) is 4.79 Å². The minimum Gasteiger partial charge on any atom is -0.292 e. The number of halogens is 1. The Morgan fingerprint density at radius 2 is 1.73 bits per heavy atom. The minimum atomic E-state index is -0.758. The van der Waals surface area contributed by atoms with Crippen molar-refractivity contribution >= 4 is 29.1 Å². The van der Waals surface area contributed by atoms with Crippen molar-refractivity contribution in [3.05, 3.63) is 35.4 Å². The van der Waals surface area contributed by atoms with E-state index < -0.39 is 4.71 Å². The number of carbonyl (C=O) groups excluding carboxylic acids is 1. The first-order chi connectivity index (χ1) is 12.7.